The summed E-state index contributed by atoms with van der Waals surface area (Å²) < 4.78 is 58.4. The highest BCUT2D eigenvalue weighted by Crippen LogP contribution is 2.48. The second kappa shape index (κ2) is 11.3. The number of para-hydroxylation sites is 1. The zero-order chi connectivity index (χ0) is 29.3. The van der Waals surface area contributed by atoms with Crippen LogP contribution in [0.4, 0.5) is 30.2 Å². The molecule has 0 radical (unpaired) electrons. The Labute approximate surface area is 235 Å². The van der Waals surface area contributed by atoms with Crippen LogP contribution in [0.3, 0.4) is 0 Å². The first kappa shape index (κ1) is 28.3. The first-order chi connectivity index (χ1) is 19.6. The maximum atomic E-state index is 14.0. The minimum absolute atomic E-state index is 0.0183. The molecule has 2 aromatic carbocycles. The van der Waals surface area contributed by atoms with Crippen LogP contribution in [0.1, 0.15) is 48.5 Å². The second-order valence-electron chi connectivity index (χ2n) is 10.0. The average molecular weight is 570 g/mol. The molecule has 2 aliphatic rings. The lowest BCUT2D eigenvalue weighted by molar-refractivity contribution is -0.171. The number of carbonyl (C=O) groups excluding carboxylic acids is 2. The summed E-state index contributed by atoms with van der Waals surface area (Å²) in [7, 11) is 1.29. The Morgan fingerprint density at radius 2 is 1.83 bits per heavy atom. The third kappa shape index (κ3) is 5.53. The minimum Gasteiger partial charge on any atom is -0.493 e. The first-order valence-electron chi connectivity index (χ1n) is 13.3. The molecule has 41 heavy (non-hydrogen) atoms. The topological polar surface area (TPSA) is 81.2 Å². The van der Waals surface area contributed by atoms with E-state index in [4.69, 9.17) is 14.2 Å². The van der Waals surface area contributed by atoms with Crippen LogP contribution in [0.2, 0.25) is 0 Å². The van der Waals surface area contributed by atoms with Crippen molar-refractivity contribution in [3.63, 3.8) is 0 Å². The summed E-state index contributed by atoms with van der Waals surface area (Å²) in [5.74, 6) is -1.98. The van der Waals surface area contributed by atoms with Gasteiger partial charge in [0.25, 0.3) is 0 Å². The molecule has 5 rings (SSSR count). The number of benzene rings is 2. The zero-order valence-electron chi connectivity index (χ0n) is 22.9. The van der Waals surface area contributed by atoms with Crippen molar-refractivity contribution in [2.24, 2.45) is 0 Å². The number of hydrogen-bond donors (Lipinski definition) is 0. The van der Waals surface area contributed by atoms with Crippen molar-refractivity contribution < 1.29 is 37.0 Å². The van der Waals surface area contributed by atoms with Crippen LogP contribution in [0.15, 0.2) is 54.7 Å². The number of anilines is 3. The number of fused-ring (bicyclic) bond motifs is 2. The van der Waals surface area contributed by atoms with Gasteiger partial charge in [0.1, 0.15) is 18.1 Å². The van der Waals surface area contributed by atoms with E-state index in [2.05, 4.69) is 4.98 Å². The van der Waals surface area contributed by atoms with Crippen LogP contribution in [-0.4, -0.2) is 49.9 Å². The van der Waals surface area contributed by atoms with Crippen molar-refractivity contribution in [1.82, 2.24) is 4.98 Å². The molecule has 0 bridgehead atoms. The van der Waals surface area contributed by atoms with Crippen molar-refractivity contribution in [3.8, 4) is 11.5 Å². The predicted octanol–water partition coefficient (Wildman–Crippen LogP) is 6.01. The van der Waals surface area contributed by atoms with Crippen LogP contribution in [0.25, 0.3) is 0 Å². The fourth-order valence-electron chi connectivity index (χ4n) is 5.32. The summed E-state index contributed by atoms with van der Waals surface area (Å²) in [6.45, 7) is 4.55. The number of carbonyl (C=O) groups is 2. The number of alkyl halides is 3. The van der Waals surface area contributed by atoms with Gasteiger partial charge in [-0.25, -0.2) is 0 Å². The molecule has 3 heterocycles. The van der Waals surface area contributed by atoms with E-state index in [-0.39, 0.29) is 31.2 Å². The molecule has 11 heteroatoms. The van der Waals surface area contributed by atoms with Gasteiger partial charge in [0.2, 0.25) is 0 Å². The maximum Gasteiger partial charge on any atom is 0.471 e. The Balaban J connectivity index is 1.54. The molecule has 0 saturated heterocycles. The number of amides is 1. The van der Waals surface area contributed by atoms with E-state index < -0.39 is 24.1 Å². The fraction of sp³-hybridized carbons (Fsp3) is 0.367. The number of aromatic nitrogens is 1. The van der Waals surface area contributed by atoms with Gasteiger partial charge in [-0.15, -0.1) is 0 Å². The summed E-state index contributed by atoms with van der Waals surface area (Å²) >= 11 is 0. The van der Waals surface area contributed by atoms with Gasteiger partial charge >= 0.3 is 18.1 Å². The molecule has 0 unspecified atom stereocenters. The number of rotatable bonds is 8. The number of aryl methyl sites for hydroxylation is 1. The highest BCUT2D eigenvalue weighted by atomic mass is 19.4. The van der Waals surface area contributed by atoms with Gasteiger partial charge in [0.15, 0.2) is 0 Å². The molecule has 0 fully saturated rings. The molecule has 0 saturated carbocycles. The number of hydrogen-bond acceptors (Lipinski definition) is 7. The maximum absolute atomic E-state index is 14.0. The monoisotopic (exact) mass is 569 g/mol. The molecule has 216 valence electrons. The van der Waals surface area contributed by atoms with Crippen molar-refractivity contribution in [2.75, 3.05) is 36.7 Å². The van der Waals surface area contributed by atoms with Crippen molar-refractivity contribution in [3.05, 3.63) is 71.5 Å². The van der Waals surface area contributed by atoms with Crippen LogP contribution in [0, 0.1) is 6.92 Å². The van der Waals surface area contributed by atoms with E-state index in [1.807, 2.05) is 36.9 Å². The largest absolute Gasteiger partial charge is 0.493 e. The number of halogens is 3. The molecule has 0 spiro atoms. The van der Waals surface area contributed by atoms with Gasteiger partial charge in [-0.2, -0.15) is 13.2 Å². The number of pyridine rings is 1. The van der Waals surface area contributed by atoms with Gasteiger partial charge in [-0.3, -0.25) is 19.5 Å². The van der Waals surface area contributed by atoms with E-state index >= 15 is 0 Å². The SMILES string of the molecule is CCCN(c1ccc(C)nc1)c1cccc2c1OC[C@H]2N(C(=O)C(F)(F)F)c1ccc2c(c1)OC[C@H]2CC(=O)OC. The summed E-state index contributed by atoms with van der Waals surface area (Å²) in [6.07, 6.45) is -2.51. The third-order valence-corrected chi connectivity index (χ3v) is 7.28. The molecule has 3 aromatic rings. The summed E-state index contributed by atoms with van der Waals surface area (Å²) in [5.41, 5.74) is 3.51. The Hall–Kier alpha value is -4.28. The first-order valence-corrected chi connectivity index (χ1v) is 13.3. The fourth-order valence-corrected chi connectivity index (χ4v) is 5.32. The van der Waals surface area contributed by atoms with Crippen LogP contribution in [-0.2, 0) is 14.3 Å². The van der Waals surface area contributed by atoms with E-state index in [1.54, 1.807) is 24.4 Å². The third-order valence-electron chi connectivity index (χ3n) is 7.28. The minimum atomic E-state index is -5.13. The molecule has 0 aliphatic carbocycles. The molecule has 2 aliphatic heterocycles. The van der Waals surface area contributed by atoms with Gasteiger partial charge < -0.3 is 19.1 Å². The molecular formula is C30H30F3N3O5. The van der Waals surface area contributed by atoms with Gasteiger partial charge in [0.05, 0.1) is 43.8 Å². The van der Waals surface area contributed by atoms with E-state index in [0.717, 1.165) is 22.7 Å². The quantitative estimate of drug-likeness (QED) is 0.308. The molecule has 2 atom stereocenters. The average Bonchev–Trinajstić information content (AvgIpc) is 3.56. The summed E-state index contributed by atoms with van der Waals surface area (Å²) in [4.78, 5) is 31.8. The summed E-state index contributed by atoms with van der Waals surface area (Å²) in [6, 6.07) is 12.5. The number of methoxy groups -OCH3 is 1. The molecule has 8 nitrogen and oxygen atoms in total. The highest BCUT2D eigenvalue weighted by molar-refractivity contribution is 5.98. The normalized spacial score (nSPS) is 17.2. The van der Waals surface area contributed by atoms with E-state index in [0.29, 0.717) is 34.9 Å². The number of ether oxygens (including phenoxy) is 3. The number of nitrogens with zero attached hydrogens (tertiary/aromatic N) is 3. The van der Waals surface area contributed by atoms with E-state index in [9.17, 15) is 22.8 Å². The molecular weight excluding hydrogens is 539 g/mol. The Morgan fingerprint density at radius 1 is 1.05 bits per heavy atom. The smallest absolute Gasteiger partial charge is 0.471 e. The van der Waals surface area contributed by atoms with Gasteiger partial charge in [-0.1, -0.05) is 25.1 Å². The van der Waals surface area contributed by atoms with E-state index in [1.165, 1.54) is 19.2 Å². The second-order valence-corrected chi connectivity index (χ2v) is 10.0. The van der Waals surface area contributed by atoms with Crippen LogP contribution in [0.5, 0.6) is 11.5 Å². The van der Waals surface area contributed by atoms with Crippen molar-refractivity contribution in [1.29, 1.82) is 0 Å². The zero-order valence-corrected chi connectivity index (χ0v) is 22.9. The summed E-state index contributed by atoms with van der Waals surface area (Å²) in [5, 5.41) is 0. The van der Waals surface area contributed by atoms with Gasteiger partial charge in [0, 0.05) is 41.0 Å². The number of esters is 1. The Bertz CT molecular complexity index is 1440. The van der Waals surface area contributed by atoms with Crippen LogP contribution < -0.4 is 19.3 Å². The molecule has 1 amide bonds. The van der Waals surface area contributed by atoms with Crippen molar-refractivity contribution in [2.45, 2.75) is 44.8 Å². The standard InChI is InChI=1S/C30H30F3N3O5/c1-4-12-35(21-9-8-18(2)34-15-21)24-7-5-6-23-25(17-41-28(23)24)36(29(38)30(31,32)33)20-10-11-22-19(13-27(37)39-3)16-40-26(22)14-20/h5-11,14-15,19,25H,4,12-13,16-17H2,1-3H3/t19-,25-/m1/s1. The predicted molar refractivity (Wildman–Crippen MR) is 146 cm³/mol. The lowest BCUT2D eigenvalue weighted by Crippen LogP contribution is -2.44. The van der Waals surface area contributed by atoms with Crippen LogP contribution >= 0.6 is 0 Å². The lowest BCUT2D eigenvalue weighted by atomic mass is 9.97. The molecule has 0 N–H and O–H groups in total. The van der Waals surface area contributed by atoms with Crippen molar-refractivity contribution >= 4 is 28.9 Å². The Kier molecular flexibility index (Phi) is 7.79. The molecule has 1 aromatic heterocycles. The van der Waals surface area contributed by atoms with Gasteiger partial charge in [-0.05, 0) is 37.6 Å². The highest BCUT2D eigenvalue weighted by Gasteiger charge is 2.48. The lowest BCUT2D eigenvalue weighted by Gasteiger charge is -2.30. The Morgan fingerprint density at radius 3 is 2.51 bits per heavy atom.